The molecule has 4 unspecified atom stereocenters. The van der Waals surface area contributed by atoms with Crippen molar-refractivity contribution in [1.29, 1.82) is 0 Å². The van der Waals surface area contributed by atoms with Gasteiger partial charge in [-0.2, -0.15) is 0 Å². The van der Waals surface area contributed by atoms with Crippen LogP contribution in [0.5, 0.6) is 17.2 Å². The lowest BCUT2D eigenvalue weighted by Crippen LogP contribution is -2.41. The Morgan fingerprint density at radius 2 is 1.90 bits per heavy atom. The molecule has 0 saturated carbocycles. The summed E-state index contributed by atoms with van der Waals surface area (Å²) in [5, 5.41) is 20.6. The minimum Gasteiger partial charge on any atom is -0.508 e. The number of phenols is 2. The van der Waals surface area contributed by atoms with Gasteiger partial charge in [-0.05, 0) is 46.1 Å². The first-order valence-electron chi connectivity index (χ1n) is 9.63. The van der Waals surface area contributed by atoms with Crippen LogP contribution >= 0.6 is 15.9 Å². The van der Waals surface area contributed by atoms with Gasteiger partial charge in [-0.15, -0.1) is 0 Å². The van der Waals surface area contributed by atoms with Gasteiger partial charge in [0.25, 0.3) is 0 Å². The van der Waals surface area contributed by atoms with Crippen molar-refractivity contribution in [2.45, 2.75) is 31.5 Å². The number of carbonyl (C=O) groups is 1. The van der Waals surface area contributed by atoms with Crippen molar-refractivity contribution in [3.8, 4) is 17.2 Å². The minimum absolute atomic E-state index is 0.0236. The molecule has 2 aromatic carbocycles. The number of hydrogen-bond acceptors (Lipinski definition) is 6. The highest BCUT2D eigenvalue weighted by molar-refractivity contribution is 9.10. The number of phenolic OH excluding ortho intramolecular Hbond substituents is 2. The van der Waals surface area contributed by atoms with Gasteiger partial charge >= 0.3 is 0 Å². The summed E-state index contributed by atoms with van der Waals surface area (Å²) >= 11 is 3.40. The number of hydrogen-bond donors (Lipinski definition) is 4. The van der Waals surface area contributed by atoms with Gasteiger partial charge in [0.2, 0.25) is 5.91 Å². The molecule has 2 heterocycles. The Hall–Kier alpha value is -2.29. The second kappa shape index (κ2) is 7.85. The number of methoxy groups -OCH3 is 1. The molecule has 4 atom stereocenters. The molecule has 4 N–H and O–H groups in total. The molecule has 7 nitrogen and oxygen atoms in total. The van der Waals surface area contributed by atoms with E-state index in [-0.39, 0.29) is 35.4 Å². The SMILES string of the molecule is CCCN1C(=O)C2NNC(c3ccccc3O)C2C1c1cc(Br)c(O)c(OC)c1. The van der Waals surface area contributed by atoms with Crippen molar-refractivity contribution < 1.29 is 19.7 Å². The van der Waals surface area contributed by atoms with Crippen molar-refractivity contribution >= 4 is 21.8 Å². The quantitative estimate of drug-likeness (QED) is 0.546. The third kappa shape index (κ3) is 3.25. The Kier molecular flexibility index (Phi) is 5.42. The normalized spacial score (nSPS) is 26.0. The maximum absolute atomic E-state index is 13.2. The van der Waals surface area contributed by atoms with Crippen LogP contribution in [-0.2, 0) is 4.79 Å². The van der Waals surface area contributed by atoms with Crippen LogP contribution in [0.25, 0.3) is 0 Å². The number of benzene rings is 2. The molecule has 4 rings (SSSR count). The summed E-state index contributed by atoms with van der Waals surface area (Å²) in [4.78, 5) is 15.1. The number of carbonyl (C=O) groups excluding carboxylic acids is 1. The second-order valence-electron chi connectivity index (χ2n) is 7.41. The highest BCUT2D eigenvalue weighted by atomic mass is 79.9. The highest BCUT2D eigenvalue weighted by Gasteiger charge is 2.55. The smallest absolute Gasteiger partial charge is 0.242 e. The third-order valence-electron chi connectivity index (χ3n) is 5.76. The molecule has 0 radical (unpaired) electrons. The molecule has 8 heteroatoms. The molecule has 1 amide bonds. The number of rotatable bonds is 5. The van der Waals surface area contributed by atoms with Gasteiger partial charge in [0.05, 0.1) is 23.7 Å². The number of fused-ring (bicyclic) bond motifs is 1. The number of ether oxygens (including phenoxy) is 1. The zero-order chi connectivity index (χ0) is 20.7. The van der Waals surface area contributed by atoms with Crippen LogP contribution in [0.15, 0.2) is 40.9 Å². The minimum atomic E-state index is -0.408. The molecule has 2 aliphatic heterocycles. The molecule has 2 aliphatic rings. The molecule has 29 heavy (non-hydrogen) atoms. The average molecular weight is 462 g/mol. The molecular weight excluding hydrogens is 438 g/mol. The fourth-order valence-corrected chi connectivity index (χ4v) is 4.99. The van der Waals surface area contributed by atoms with Crippen molar-refractivity contribution in [2.24, 2.45) is 5.92 Å². The van der Waals surface area contributed by atoms with Crippen molar-refractivity contribution in [3.05, 3.63) is 52.0 Å². The molecule has 0 aliphatic carbocycles. The molecule has 2 aromatic rings. The van der Waals surface area contributed by atoms with Crippen molar-refractivity contribution in [2.75, 3.05) is 13.7 Å². The van der Waals surface area contributed by atoms with Gasteiger partial charge in [0, 0.05) is 18.0 Å². The standard InChI is InChI=1S/C21H24BrN3O4/c1-3-8-25-19(11-9-13(22)20(27)15(10-11)29-2)16-17(23-24-18(16)21(25)28)12-6-4-5-7-14(12)26/h4-7,9-10,16-19,23-24,26-27H,3,8H2,1-2H3. The summed E-state index contributed by atoms with van der Waals surface area (Å²) in [6, 6.07) is 9.88. The van der Waals surface area contributed by atoms with E-state index >= 15 is 0 Å². The molecule has 2 fully saturated rings. The monoisotopic (exact) mass is 461 g/mol. The summed E-state index contributed by atoms with van der Waals surface area (Å²) in [7, 11) is 1.50. The van der Waals surface area contributed by atoms with E-state index in [0.717, 1.165) is 17.5 Å². The maximum Gasteiger partial charge on any atom is 0.242 e. The van der Waals surface area contributed by atoms with Gasteiger partial charge in [0.15, 0.2) is 11.5 Å². The number of nitrogens with zero attached hydrogens (tertiary/aromatic N) is 1. The lowest BCUT2D eigenvalue weighted by atomic mass is 9.83. The van der Waals surface area contributed by atoms with Crippen molar-refractivity contribution in [1.82, 2.24) is 15.8 Å². The molecule has 0 bridgehead atoms. The first kappa shape index (κ1) is 20.0. The summed E-state index contributed by atoms with van der Waals surface area (Å²) in [6.45, 7) is 2.66. The second-order valence-corrected chi connectivity index (χ2v) is 8.26. The summed E-state index contributed by atoms with van der Waals surface area (Å²) in [6.07, 6.45) is 0.826. The number of likely N-dealkylation sites (tertiary alicyclic amines) is 1. The van der Waals surface area contributed by atoms with Crippen LogP contribution in [0, 0.1) is 5.92 Å². The number of halogens is 1. The van der Waals surface area contributed by atoms with Crippen LogP contribution in [0.1, 0.15) is 36.6 Å². The van der Waals surface area contributed by atoms with E-state index in [0.29, 0.717) is 16.8 Å². The summed E-state index contributed by atoms with van der Waals surface area (Å²) in [5.74, 6) is 0.440. The zero-order valence-electron chi connectivity index (χ0n) is 16.2. The highest BCUT2D eigenvalue weighted by Crippen LogP contribution is 2.50. The number of hydrazine groups is 1. The molecular formula is C21H24BrN3O4. The third-order valence-corrected chi connectivity index (χ3v) is 6.37. The van der Waals surface area contributed by atoms with Gasteiger partial charge in [-0.1, -0.05) is 25.1 Å². The van der Waals surface area contributed by atoms with Gasteiger partial charge in [0.1, 0.15) is 11.8 Å². The Morgan fingerprint density at radius 1 is 1.17 bits per heavy atom. The fourth-order valence-electron chi connectivity index (χ4n) is 4.53. The van der Waals surface area contributed by atoms with E-state index in [1.165, 1.54) is 7.11 Å². The number of amides is 1. The largest absolute Gasteiger partial charge is 0.508 e. The van der Waals surface area contributed by atoms with Crippen LogP contribution in [0.2, 0.25) is 0 Å². The predicted octanol–water partition coefficient (Wildman–Crippen LogP) is 3.00. The Morgan fingerprint density at radius 3 is 2.59 bits per heavy atom. The number of nitrogens with one attached hydrogen (secondary N) is 2. The van der Waals surface area contributed by atoms with E-state index in [9.17, 15) is 15.0 Å². The van der Waals surface area contributed by atoms with Gasteiger partial charge in [-0.3, -0.25) is 4.79 Å². The lowest BCUT2D eigenvalue weighted by molar-refractivity contribution is -0.130. The van der Waals surface area contributed by atoms with Crippen molar-refractivity contribution in [3.63, 3.8) is 0 Å². The van der Waals surface area contributed by atoms with Crippen LogP contribution < -0.4 is 15.6 Å². The zero-order valence-corrected chi connectivity index (χ0v) is 17.8. The molecule has 0 spiro atoms. The Bertz CT molecular complexity index is 938. The Labute approximate surface area is 177 Å². The summed E-state index contributed by atoms with van der Waals surface area (Å²) < 4.78 is 5.85. The van der Waals surface area contributed by atoms with E-state index in [2.05, 4.69) is 26.8 Å². The topological polar surface area (TPSA) is 94.1 Å². The number of para-hydroxylation sites is 1. The summed E-state index contributed by atoms with van der Waals surface area (Å²) in [5.41, 5.74) is 7.97. The fraction of sp³-hybridized carbons (Fsp3) is 0.381. The molecule has 2 saturated heterocycles. The van der Waals surface area contributed by atoms with Gasteiger partial charge < -0.3 is 19.8 Å². The first-order valence-corrected chi connectivity index (χ1v) is 10.4. The van der Waals surface area contributed by atoms with Crippen LogP contribution in [-0.4, -0.2) is 40.7 Å². The molecule has 0 aromatic heterocycles. The lowest BCUT2D eigenvalue weighted by Gasteiger charge is -2.31. The molecule has 154 valence electrons. The van der Waals surface area contributed by atoms with E-state index in [4.69, 9.17) is 4.74 Å². The van der Waals surface area contributed by atoms with E-state index in [1.54, 1.807) is 18.2 Å². The average Bonchev–Trinajstić information content (AvgIpc) is 3.24. The van der Waals surface area contributed by atoms with Crippen LogP contribution in [0.3, 0.4) is 0 Å². The first-order chi connectivity index (χ1) is 14.0. The van der Waals surface area contributed by atoms with Gasteiger partial charge in [-0.25, -0.2) is 10.9 Å². The van der Waals surface area contributed by atoms with E-state index < -0.39 is 6.04 Å². The van der Waals surface area contributed by atoms with E-state index in [1.807, 2.05) is 30.0 Å². The predicted molar refractivity (Wildman–Crippen MR) is 112 cm³/mol. The number of aromatic hydroxyl groups is 2. The maximum atomic E-state index is 13.2. The van der Waals surface area contributed by atoms with Crippen LogP contribution in [0.4, 0.5) is 0 Å². The Balaban J connectivity index is 1.83.